The first kappa shape index (κ1) is 18.0. The fourth-order valence-electron chi connectivity index (χ4n) is 2.26. The lowest BCUT2D eigenvalue weighted by Crippen LogP contribution is -2.30. The number of aryl methyl sites for hydroxylation is 2. The van der Waals surface area contributed by atoms with Gasteiger partial charge in [-0.2, -0.15) is 0 Å². The molecule has 1 atom stereocenters. The van der Waals surface area contributed by atoms with E-state index in [1.165, 1.54) is 6.92 Å². The smallest absolute Gasteiger partial charge is 0.265 e. The molecule has 0 radical (unpaired) electrons. The van der Waals surface area contributed by atoms with E-state index in [-0.39, 0.29) is 11.7 Å². The maximum atomic E-state index is 12.2. The van der Waals surface area contributed by atoms with Gasteiger partial charge in [0.1, 0.15) is 5.75 Å². The zero-order chi connectivity index (χ0) is 17.9. The molecule has 2 rings (SSSR count). The van der Waals surface area contributed by atoms with Crippen molar-refractivity contribution in [3.63, 3.8) is 0 Å². The molecular formula is C19H20ClNO3. The molecule has 0 heterocycles. The van der Waals surface area contributed by atoms with Crippen molar-refractivity contribution in [2.75, 3.05) is 5.32 Å². The molecule has 126 valence electrons. The van der Waals surface area contributed by atoms with Crippen molar-refractivity contribution in [1.29, 1.82) is 0 Å². The third kappa shape index (κ3) is 4.36. The molecule has 0 aliphatic carbocycles. The van der Waals surface area contributed by atoms with Crippen LogP contribution in [0, 0.1) is 13.8 Å². The molecule has 1 N–H and O–H groups in total. The molecule has 0 fully saturated rings. The first-order valence-electron chi connectivity index (χ1n) is 7.63. The van der Waals surface area contributed by atoms with Crippen molar-refractivity contribution < 1.29 is 14.3 Å². The molecule has 2 aromatic carbocycles. The van der Waals surface area contributed by atoms with Gasteiger partial charge in [-0.05, 0) is 75.2 Å². The second-order valence-electron chi connectivity index (χ2n) is 5.75. The molecule has 0 aliphatic rings. The third-order valence-corrected chi connectivity index (χ3v) is 4.25. The summed E-state index contributed by atoms with van der Waals surface area (Å²) < 4.78 is 5.70. The van der Waals surface area contributed by atoms with E-state index in [1.54, 1.807) is 43.3 Å². The monoisotopic (exact) mass is 345 g/mol. The van der Waals surface area contributed by atoms with Gasteiger partial charge in [0, 0.05) is 16.3 Å². The minimum Gasteiger partial charge on any atom is -0.481 e. The average Bonchev–Trinajstić information content (AvgIpc) is 2.52. The second kappa shape index (κ2) is 7.49. The molecule has 4 nitrogen and oxygen atoms in total. The van der Waals surface area contributed by atoms with Gasteiger partial charge in [0.2, 0.25) is 0 Å². The van der Waals surface area contributed by atoms with Crippen molar-refractivity contribution in [3.05, 3.63) is 58.1 Å². The predicted octanol–water partition coefficient (Wildman–Crippen LogP) is 4.57. The van der Waals surface area contributed by atoms with Crippen molar-refractivity contribution in [1.82, 2.24) is 0 Å². The SMILES string of the molecule is CC(=O)c1ccc(NC(=O)C(C)Oc2cc(C)c(Cl)c(C)c2)cc1. The Morgan fingerprint density at radius 1 is 1.08 bits per heavy atom. The number of anilines is 1. The lowest BCUT2D eigenvalue weighted by atomic mass is 10.1. The number of Topliss-reactive ketones (excluding diaryl/α,β-unsaturated/α-hetero) is 1. The van der Waals surface area contributed by atoms with Gasteiger partial charge >= 0.3 is 0 Å². The van der Waals surface area contributed by atoms with Crippen molar-refractivity contribution in [2.24, 2.45) is 0 Å². The van der Waals surface area contributed by atoms with E-state index < -0.39 is 6.10 Å². The van der Waals surface area contributed by atoms with Gasteiger partial charge in [0.05, 0.1) is 0 Å². The quantitative estimate of drug-likeness (QED) is 0.808. The maximum absolute atomic E-state index is 12.2. The van der Waals surface area contributed by atoms with Gasteiger partial charge in [0.25, 0.3) is 5.91 Å². The standard InChI is InChI=1S/C19H20ClNO3/c1-11-9-17(10-12(2)18(11)20)24-14(4)19(23)21-16-7-5-15(6-8-16)13(3)22/h5-10,14H,1-4H3,(H,21,23). The van der Waals surface area contributed by atoms with E-state index in [1.807, 2.05) is 13.8 Å². The zero-order valence-electron chi connectivity index (χ0n) is 14.1. The Bertz CT molecular complexity index is 746. The Labute approximate surface area is 146 Å². The fourth-order valence-corrected chi connectivity index (χ4v) is 2.37. The summed E-state index contributed by atoms with van der Waals surface area (Å²) in [5, 5.41) is 3.47. The van der Waals surface area contributed by atoms with Crippen LogP contribution in [0.15, 0.2) is 36.4 Å². The minimum absolute atomic E-state index is 0.0157. The van der Waals surface area contributed by atoms with E-state index in [2.05, 4.69) is 5.32 Å². The van der Waals surface area contributed by atoms with Crippen LogP contribution in [0.5, 0.6) is 5.75 Å². The topological polar surface area (TPSA) is 55.4 Å². The zero-order valence-corrected chi connectivity index (χ0v) is 14.9. The van der Waals surface area contributed by atoms with Gasteiger partial charge in [-0.3, -0.25) is 9.59 Å². The normalized spacial score (nSPS) is 11.7. The molecule has 0 aliphatic heterocycles. The van der Waals surface area contributed by atoms with E-state index in [9.17, 15) is 9.59 Å². The Morgan fingerprint density at radius 3 is 2.12 bits per heavy atom. The molecular weight excluding hydrogens is 326 g/mol. The second-order valence-corrected chi connectivity index (χ2v) is 6.13. The summed E-state index contributed by atoms with van der Waals surface area (Å²) in [7, 11) is 0. The molecule has 1 unspecified atom stereocenters. The van der Waals surface area contributed by atoms with Gasteiger partial charge in [-0.25, -0.2) is 0 Å². The molecule has 2 aromatic rings. The number of halogens is 1. The number of hydrogen-bond donors (Lipinski definition) is 1. The van der Waals surface area contributed by atoms with E-state index >= 15 is 0 Å². The van der Waals surface area contributed by atoms with Gasteiger partial charge in [-0.1, -0.05) is 11.6 Å². The number of carbonyl (C=O) groups excluding carboxylic acids is 2. The lowest BCUT2D eigenvalue weighted by Gasteiger charge is -2.16. The highest BCUT2D eigenvalue weighted by Gasteiger charge is 2.16. The van der Waals surface area contributed by atoms with Gasteiger partial charge < -0.3 is 10.1 Å². The summed E-state index contributed by atoms with van der Waals surface area (Å²) in [5.74, 6) is 0.317. The summed E-state index contributed by atoms with van der Waals surface area (Å²) in [5.41, 5.74) is 3.02. The number of carbonyl (C=O) groups is 2. The molecule has 0 saturated carbocycles. The number of ketones is 1. The van der Waals surface area contributed by atoms with Gasteiger partial charge in [-0.15, -0.1) is 0 Å². The number of rotatable bonds is 5. The number of nitrogens with one attached hydrogen (secondary N) is 1. The first-order valence-corrected chi connectivity index (χ1v) is 8.01. The fraction of sp³-hybridized carbons (Fsp3) is 0.263. The van der Waals surface area contributed by atoms with E-state index in [0.717, 1.165) is 11.1 Å². The van der Waals surface area contributed by atoms with Crippen LogP contribution in [0.1, 0.15) is 35.3 Å². The van der Waals surface area contributed by atoms with Crippen LogP contribution >= 0.6 is 11.6 Å². The third-order valence-electron chi connectivity index (χ3n) is 3.65. The minimum atomic E-state index is -0.669. The van der Waals surface area contributed by atoms with Crippen LogP contribution in [-0.2, 0) is 4.79 Å². The Balaban J connectivity index is 2.03. The molecule has 0 aromatic heterocycles. The number of benzene rings is 2. The lowest BCUT2D eigenvalue weighted by molar-refractivity contribution is -0.122. The van der Waals surface area contributed by atoms with Crippen LogP contribution in [0.3, 0.4) is 0 Å². The highest BCUT2D eigenvalue weighted by atomic mass is 35.5. The number of ether oxygens (including phenoxy) is 1. The summed E-state index contributed by atoms with van der Waals surface area (Å²) in [6.45, 7) is 6.96. The molecule has 0 spiro atoms. The summed E-state index contributed by atoms with van der Waals surface area (Å²) in [6, 6.07) is 10.3. The van der Waals surface area contributed by atoms with Crippen molar-refractivity contribution in [3.8, 4) is 5.75 Å². The average molecular weight is 346 g/mol. The summed E-state index contributed by atoms with van der Waals surface area (Å²) in [6.07, 6.45) is -0.669. The molecule has 0 bridgehead atoms. The molecule has 0 saturated heterocycles. The van der Waals surface area contributed by atoms with Crippen LogP contribution in [0.25, 0.3) is 0 Å². The summed E-state index contributed by atoms with van der Waals surface area (Å²) in [4.78, 5) is 23.5. The van der Waals surface area contributed by atoms with Crippen LogP contribution in [0.2, 0.25) is 5.02 Å². The van der Waals surface area contributed by atoms with Gasteiger partial charge in [0.15, 0.2) is 11.9 Å². The molecule has 5 heteroatoms. The number of hydrogen-bond acceptors (Lipinski definition) is 3. The van der Waals surface area contributed by atoms with E-state index in [4.69, 9.17) is 16.3 Å². The highest BCUT2D eigenvalue weighted by molar-refractivity contribution is 6.32. The maximum Gasteiger partial charge on any atom is 0.265 e. The highest BCUT2D eigenvalue weighted by Crippen LogP contribution is 2.26. The molecule has 1 amide bonds. The number of amides is 1. The van der Waals surface area contributed by atoms with E-state index in [0.29, 0.717) is 22.0 Å². The Morgan fingerprint density at radius 2 is 1.62 bits per heavy atom. The van der Waals surface area contributed by atoms with Crippen LogP contribution < -0.4 is 10.1 Å². The Kier molecular flexibility index (Phi) is 5.62. The Hall–Kier alpha value is -2.33. The summed E-state index contributed by atoms with van der Waals surface area (Å²) >= 11 is 6.13. The van der Waals surface area contributed by atoms with Crippen molar-refractivity contribution >= 4 is 29.0 Å². The largest absolute Gasteiger partial charge is 0.481 e. The van der Waals surface area contributed by atoms with Crippen LogP contribution in [0.4, 0.5) is 5.69 Å². The van der Waals surface area contributed by atoms with Crippen LogP contribution in [-0.4, -0.2) is 17.8 Å². The predicted molar refractivity (Wildman–Crippen MR) is 96.1 cm³/mol. The molecule has 24 heavy (non-hydrogen) atoms. The first-order chi connectivity index (χ1) is 11.3. The van der Waals surface area contributed by atoms with Crippen molar-refractivity contribution in [2.45, 2.75) is 33.8 Å².